The minimum Gasteiger partial charge on any atom is -0.469 e. The van der Waals surface area contributed by atoms with Gasteiger partial charge in [-0.15, -0.1) is 0 Å². The van der Waals surface area contributed by atoms with Gasteiger partial charge in [0.25, 0.3) is 0 Å². The number of ether oxygens (including phenoxy) is 1. The molecule has 7 nitrogen and oxygen atoms in total. The van der Waals surface area contributed by atoms with Gasteiger partial charge in [-0.3, -0.25) is 4.79 Å². The van der Waals surface area contributed by atoms with Crippen molar-refractivity contribution in [3.63, 3.8) is 0 Å². The molecule has 1 aliphatic rings. The lowest BCUT2D eigenvalue weighted by Gasteiger charge is -2.27. The molecule has 1 fully saturated rings. The second kappa shape index (κ2) is 7.37. The summed E-state index contributed by atoms with van der Waals surface area (Å²) in [6.07, 6.45) is 5.33. The second-order valence-electron chi connectivity index (χ2n) is 6.09. The summed E-state index contributed by atoms with van der Waals surface area (Å²) in [5, 5.41) is 0. The summed E-state index contributed by atoms with van der Waals surface area (Å²) in [7, 11) is -2.22. The standard InChI is InChI=1S/C17H20N2O5S/c1-23-17(20)13-2-6-14(7-3-13)19-25(21,22)15-8-4-12(5-9-15)16-10-24-11-18-16/h4-5,8-11,13-14,19H,2-3,6-7H2,1H3. The third kappa shape index (κ3) is 4.08. The van der Waals surface area contributed by atoms with Gasteiger partial charge in [-0.2, -0.15) is 0 Å². The van der Waals surface area contributed by atoms with E-state index in [2.05, 4.69) is 9.71 Å². The molecular weight excluding hydrogens is 344 g/mol. The minimum atomic E-state index is -3.60. The smallest absolute Gasteiger partial charge is 0.308 e. The van der Waals surface area contributed by atoms with E-state index in [1.165, 1.54) is 19.8 Å². The molecule has 134 valence electrons. The van der Waals surface area contributed by atoms with Crippen LogP contribution in [0.15, 0.2) is 46.2 Å². The van der Waals surface area contributed by atoms with E-state index in [9.17, 15) is 13.2 Å². The van der Waals surface area contributed by atoms with Gasteiger partial charge in [0.15, 0.2) is 6.39 Å². The predicted octanol–water partition coefficient (Wildman–Crippen LogP) is 2.35. The Balaban J connectivity index is 1.63. The third-order valence-electron chi connectivity index (χ3n) is 4.48. The first-order chi connectivity index (χ1) is 12.0. The normalized spacial score (nSPS) is 21.0. The van der Waals surface area contributed by atoms with Gasteiger partial charge >= 0.3 is 5.97 Å². The van der Waals surface area contributed by atoms with E-state index in [1.807, 2.05) is 0 Å². The highest BCUT2D eigenvalue weighted by Crippen LogP contribution is 2.27. The van der Waals surface area contributed by atoms with Crippen LogP contribution in [-0.4, -0.2) is 32.5 Å². The average molecular weight is 364 g/mol. The van der Waals surface area contributed by atoms with Crippen LogP contribution in [0.5, 0.6) is 0 Å². The number of hydrogen-bond acceptors (Lipinski definition) is 6. The first-order valence-corrected chi connectivity index (χ1v) is 9.56. The van der Waals surface area contributed by atoms with Crippen molar-refractivity contribution < 1.29 is 22.4 Å². The van der Waals surface area contributed by atoms with Crippen molar-refractivity contribution in [2.75, 3.05) is 7.11 Å². The van der Waals surface area contributed by atoms with Crippen LogP contribution in [0.3, 0.4) is 0 Å². The number of hydrogen-bond donors (Lipinski definition) is 1. The zero-order valence-corrected chi connectivity index (χ0v) is 14.7. The van der Waals surface area contributed by atoms with Crippen molar-refractivity contribution in [3.8, 4) is 11.3 Å². The monoisotopic (exact) mass is 364 g/mol. The zero-order valence-electron chi connectivity index (χ0n) is 13.8. The second-order valence-corrected chi connectivity index (χ2v) is 7.81. The molecule has 1 aliphatic carbocycles. The molecule has 1 N–H and O–H groups in total. The van der Waals surface area contributed by atoms with Crippen molar-refractivity contribution in [1.82, 2.24) is 9.71 Å². The number of sulfonamides is 1. The maximum Gasteiger partial charge on any atom is 0.308 e. The van der Waals surface area contributed by atoms with E-state index in [0.717, 1.165) is 5.56 Å². The zero-order chi connectivity index (χ0) is 17.9. The first-order valence-electron chi connectivity index (χ1n) is 8.08. The van der Waals surface area contributed by atoms with Crippen LogP contribution in [-0.2, 0) is 19.6 Å². The third-order valence-corrected chi connectivity index (χ3v) is 6.01. The van der Waals surface area contributed by atoms with Gasteiger partial charge in [0.1, 0.15) is 12.0 Å². The molecule has 0 unspecified atom stereocenters. The molecule has 0 bridgehead atoms. The van der Waals surface area contributed by atoms with Crippen LogP contribution in [0.1, 0.15) is 25.7 Å². The number of esters is 1. The summed E-state index contributed by atoms with van der Waals surface area (Å²) in [5.41, 5.74) is 1.43. The van der Waals surface area contributed by atoms with Crippen molar-refractivity contribution >= 4 is 16.0 Å². The topological polar surface area (TPSA) is 98.5 Å². The fraction of sp³-hybridized carbons (Fsp3) is 0.412. The lowest BCUT2D eigenvalue weighted by atomic mass is 9.86. The number of nitrogens with zero attached hydrogens (tertiary/aromatic N) is 1. The van der Waals surface area contributed by atoms with Crippen LogP contribution >= 0.6 is 0 Å². The Morgan fingerprint density at radius 1 is 1.20 bits per heavy atom. The largest absolute Gasteiger partial charge is 0.469 e. The Bertz CT molecular complexity index is 807. The fourth-order valence-corrected chi connectivity index (χ4v) is 4.37. The number of rotatable bonds is 5. The van der Waals surface area contributed by atoms with Gasteiger partial charge in [0.05, 0.1) is 17.9 Å². The molecule has 3 rings (SSSR count). The SMILES string of the molecule is COC(=O)C1CCC(NS(=O)(=O)c2ccc(-c3cocn3)cc2)CC1. The Hall–Kier alpha value is -2.19. The van der Waals surface area contributed by atoms with Crippen LogP contribution in [0.4, 0.5) is 0 Å². The minimum absolute atomic E-state index is 0.132. The summed E-state index contributed by atoms with van der Waals surface area (Å²) in [4.78, 5) is 15.8. The first kappa shape index (κ1) is 17.6. The Morgan fingerprint density at radius 3 is 2.44 bits per heavy atom. The van der Waals surface area contributed by atoms with E-state index >= 15 is 0 Å². The van der Waals surface area contributed by atoms with Gasteiger partial charge in [-0.1, -0.05) is 12.1 Å². The Morgan fingerprint density at radius 2 is 1.88 bits per heavy atom. The van der Waals surface area contributed by atoms with E-state index in [0.29, 0.717) is 31.4 Å². The van der Waals surface area contributed by atoms with Crippen molar-refractivity contribution in [1.29, 1.82) is 0 Å². The van der Waals surface area contributed by atoms with Crippen LogP contribution in [0, 0.1) is 5.92 Å². The summed E-state index contributed by atoms with van der Waals surface area (Å²) in [6.45, 7) is 0. The Kier molecular flexibility index (Phi) is 5.19. The number of carbonyl (C=O) groups is 1. The van der Waals surface area contributed by atoms with Gasteiger partial charge in [-0.25, -0.2) is 18.1 Å². The Labute approximate surface area is 146 Å². The maximum absolute atomic E-state index is 12.5. The predicted molar refractivity (Wildman–Crippen MR) is 90.0 cm³/mol. The summed E-state index contributed by atoms with van der Waals surface area (Å²) in [5.74, 6) is -0.350. The van der Waals surface area contributed by atoms with E-state index < -0.39 is 10.0 Å². The van der Waals surface area contributed by atoms with Crippen LogP contribution < -0.4 is 4.72 Å². The lowest BCUT2D eigenvalue weighted by Crippen LogP contribution is -2.38. The molecule has 25 heavy (non-hydrogen) atoms. The summed E-state index contributed by atoms with van der Waals surface area (Å²) >= 11 is 0. The van der Waals surface area contributed by atoms with E-state index in [-0.39, 0.29) is 22.8 Å². The molecular formula is C17H20N2O5S. The lowest BCUT2D eigenvalue weighted by molar-refractivity contribution is -0.146. The number of benzene rings is 1. The molecule has 0 amide bonds. The average Bonchev–Trinajstić information content (AvgIpc) is 3.16. The van der Waals surface area contributed by atoms with Gasteiger partial charge in [0, 0.05) is 11.6 Å². The molecule has 1 aromatic heterocycles. The highest BCUT2D eigenvalue weighted by atomic mass is 32.2. The van der Waals surface area contributed by atoms with Gasteiger partial charge in [-0.05, 0) is 37.8 Å². The fourth-order valence-electron chi connectivity index (χ4n) is 3.06. The van der Waals surface area contributed by atoms with Gasteiger partial charge in [0.2, 0.25) is 10.0 Å². The molecule has 0 spiro atoms. The summed E-state index contributed by atoms with van der Waals surface area (Å²) in [6, 6.07) is 6.32. The maximum atomic E-state index is 12.5. The molecule has 0 aliphatic heterocycles. The molecule has 1 aromatic carbocycles. The quantitative estimate of drug-likeness (QED) is 0.818. The molecule has 2 aromatic rings. The van der Waals surface area contributed by atoms with Crippen molar-refractivity contribution in [2.24, 2.45) is 5.92 Å². The molecule has 1 heterocycles. The number of methoxy groups -OCH3 is 1. The number of carbonyl (C=O) groups excluding carboxylic acids is 1. The highest BCUT2D eigenvalue weighted by Gasteiger charge is 2.29. The van der Waals surface area contributed by atoms with Crippen LogP contribution in [0.2, 0.25) is 0 Å². The molecule has 0 radical (unpaired) electrons. The number of oxazole rings is 1. The number of nitrogens with one attached hydrogen (secondary N) is 1. The van der Waals surface area contributed by atoms with Gasteiger partial charge < -0.3 is 9.15 Å². The van der Waals surface area contributed by atoms with E-state index in [1.54, 1.807) is 24.3 Å². The van der Waals surface area contributed by atoms with Crippen molar-refractivity contribution in [2.45, 2.75) is 36.6 Å². The molecule has 0 atom stereocenters. The summed E-state index contributed by atoms with van der Waals surface area (Å²) < 4.78 is 37.5. The van der Waals surface area contributed by atoms with Crippen LogP contribution in [0.25, 0.3) is 11.3 Å². The highest BCUT2D eigenvalue weighted by molar-refractivity contribution is 7.89. The van der Waals surface area contributed by atoms with Crippen molar-refractivity contribution in [3.05, 3.63) is 36.9 Å². The molecule has 1 saturated carbocycles. The number of aromatic nitrogens is 1. The van der Waals surface area contributed by atoms with E-state index in [4.69, 9.17) is 9.15 Å². The molecule has 0 saturated heterocycles. The molecule has 8 heteroatoms.